The van der Waals surface area contributed by atoms with Gasteiger partial charge in [-0.3, -0.25) is 4.79 Å². The lowest BCUT2D eigenvalue weighted by Gasteiger charge is -2.09. The number of carbonyl (C=O) groups excluding carboxylic acids is 1. The fourth-order valence-corrected chi connectivity index (χ4v) is 2.68. The van der Waals surface area contributed by atoms with Crippen LogP contribution in [0, 0.1) is 6.92 Å². The molecule has 0 unspecified atom stereocenters. The molecule has 5 N–H and O–H groups in total. The van der Waals surface area contributed by atoms with Gasteiger partial charge in [-0.25, -0.2) is 13.6 Å². The molecule has 0 atom stereocenters. The molecule has 6 nitrogen and oxygen atoms in total. The number of nitrogens with one attached hydrogen (secondary N) is 1. The van der Waals surface area contributed by atoms with E-state index in [1.54, 1.807) is 37.3 Å². The normalized spacial score (nSPS) is 11.1. The van der Waals surface area contributed by atoms with E-state index in [1.165, 1.54) is 12.1 Å². The van der Waals surface area contributed by atoms with Crippen LogP contribution in [0.5, 0.6) is 0 Å². The van der Waals surface area contributed by atoms with Crippen LogP contribution in [0.4, 0.5) is 11.4 Å². The molecule has 0 saturated heterocycles. The minimum Gasteiger partial charge on any atom is -0.399 e. The van der Waals surface area contributed by atoms with Gasteiger partial charge in [0.05, 0.1) is 4.90 Å². The monoisotopic (exact) mass is 305 g/mol. The van der Waals surface area contributed by atoms with E-state index in [4.69, 9.17) is 10.9 Å². The number of primary sulfonamides is 1. The maximum absolute atomic E-state index is 12.1. The molecule has 21 heavy (non-hydrogen) atoms. The fourth-order valence-electron chi connectivity index (χ4n) is 1.87. The molecule has 0 aliphatic carbocycles. The molecule has 0 heterocycles. The zero-order chi connectivity index (χ0) is 15.6. The van der Waals surface area contributed by atoms with Crippen molar-refractivity contribution in [3.8, 4) is 0 Å². The van der Waals surface area contributed by atoms with Crippen LogP contribution in [0.3, 0.4) is 0 Å². The Bertz CT molecular complexity index is 801. The van der Waals surface area contributed by atoms with Crippen molar-refractivity contribution in [2.24, 2.45) is 5.14 Å². The van der Waals surface area contributed by atoms with Gasteiger partial charge in [0.15, 0.2) is 0 Å². The minimum absolute atomic E-state index is 0.0205. The summed E-state index contributed by atoms with van der Waals surface area (Å²) in [6, 6.07) is 11.0. The number of anilines is 2. The van der Waals surface area contributed by atoms with Gasteiger partial charge in [-0.2, -0.15) is 0 Å². The van der Waals surface area contributed by atoms with Crippen LogP contribution in [0.1, 0.15) is 15.9 Å². The summed E-state index contributed by atoms with van der Waals surface area (Å²) in [6.45, 7) is 1.63. The molecule has 0 aromatic heterocycles. The highest BCUT2D eigenvalue weighted by molar-refractivity contribution is 7.89. The van der Waals surface area contributed by atoms with Gasteiger partial charge in [0.2, 0.25) is 10.0 Å². The molecule has 0 saturated carbocycles. The summed E-state index contributed by atoms with van der Waals surface area (Å²) in [6.07, 6.45) is 0. The number of nitrogen functional groups attached to an aromatic ring is 1. The maximum Gasteiger partial charge on any atom is 0.255 e. The summed E-state index contributed by atoms with van der Waals surface area (Å²) in [4.78, 5) is 12.0. The highest BCUT2D eigenvalue weighted by Crippen LogP contribution is 2.19. The predicted octanol–water partition coefficient (Wildman–Crippen LogP) is 1.48. The number of hydrogen-bond acceptors (Lipinski definition) is 4. The van der Waals surface area contributed by atoms with Crippen molar-refractivity contribution in [2.45, 2.75) is 11.8 Å². The molecule has 2 aromatic carbocycles. The number of aryl methyl sites for hydroxylation is 1. The molecule has 7 heteroatoms. The average molecular weight is 305 g/mol. The van der Waals surface area contributed by atoms with Crippen molar-refractivity contribution < 1.29 is 13.2 Å². The summed E-state index contributed by atoms with van der Waals surface area (Å²) in [5.41, 5.74) is 7.32. The van der Waals surface area contributed by atoms with E-state index in [2.05, 4.69) is 5.32 Å². The number of sulfonamides is 1. The predicted molar refractivity (Wildman–Crippen MR) is 81.4 cm³/mol. The first-order valence-corrected chi connectivity index (χ1v) is 7.62. The number of amides is 1. The Hall–Kier alpha value is -2.38. The summed E-state index contributed by atoms with van der Waals surface area (Å²) in [5, 5.41) is 7.74. The Morgan fingerprint density at radius 3 is 2.48 bits per heavy atom. The van der Waals surface area contributed by atoms with E-state index in [-0.39, 0.29) is 10.8 Å². The fraction of sp³-hybridized carbons (Fsp3) is 0.0714. The van der Waals surface area contributed by atoms with Gasteiger partial charge in [0.25, 0.3) is 5.91 Å². The lowest BCUT2D eigenvalue weighted by Crippen LogP contribution is -2.16. The Balaban J connectivity index is 2.30. The SMILES string of the molecule is Cc1ccc(NC(=O)c2cccc(N)c2)cc1S(N)(=O)=O. The average Bonchev–Trinajstić information content (AvgIpc) is 2.39. The standard InChI is InChI=1S/C14H15N3O3S/c1-9-5-6-12(8-13(9)21(16,19)20)17-14(18)10-3-2-4-11(15)7-10/h2-8H,15H2,1H3,(H,17,18)(H2,16,19,20). The molecule has 0 aliphatic rings. The Morgan fingerprint density at radius 2 is 1.86 bits per heavy atom. The second-order valence-corrected chi connectivity index (χ2v) is 6.13. The lowest BCUT2D eigenvalue weighted by atomic mass is 10.1. The van der Waals surface area contributed by atoms with Gasteiger partial charge in [-0.1, -0.05) is 12.1 Å². The third-order valence-electron chi connectivity index (χ3n) is 2.90. The molecule has 0 aliphatic heterocycles. The minimum atomic E-state index is -3.83. The van der Waals surface area contributed by atoms with Crippen LogP contribution >= 0.6 is 0 Å². The topological polar surface area (TPSA) is 115 Å². The molecule has 110 valence electrons. The number of hydrogen-bond donors (Lipinski definition) is 3. The largest absolute Gasteiger partial charge is 0.399 e. The molecular formula is C14H15N3O3S. The van der Waals surface area contributed by atoms with Crippen molar-refractivity contribution in [1.29, 1.82) is 0 Å². The van der Waals surface area contributed by atoms with Crippen LogP contribution in [-0.2, 0) is 10.0 Å². The van der Waals surface area contributed by atoms with Gasteiger partial charge in [0, 0.05) is 16.9 Å². The number of benzene rings is 2. The van der Waals surface area contributed by atoms with E-state index < -0.39 is 10.0 Å². The zero-order valence-electron chi connectivity index (χ0n) is 11.3. The number of nitrogens with two attached hydrogens (primary N) is 2. The van der Waals surface area contributed by atoms with Crippen LogP contribution in [0.25, 0.3) is 0 Å². The first-order valence-electron chi connectivity index (χ1n) is 6.08. The van der Waals surface area contributed by atoms with E-state index in [0.717, 1.165) is 0 Å². The second-order valence-electron chi connectivity index (χ2n) is 4.60. The number of carbonyl (C=O) groups is 1. The maximum atomic E-state index is 12.1. The van der Waals surface area contributed by atoms with Crippen molar-refractivity contribution >= 4 is 27.3 Å². The molecule has 0 spiro atoms. The van der Waals surface area contributed by atoms with Gasteiger partial charge in [-0.15, -0.1) is 0 Å². The van der Waals surface area contributed by atoms with Crippen molar-refractivity contribution in [2.75, 3.05) is 11.1 Å². The molecule has 2 rings (SSSR count). The molecule has 0 radical (unpaired) electrons. The van der Waals surface area contributed by atoms with Gasteiger partial charge in [-0.05, 0) is 42.8 Å². The van der Waals surface area contributed by atoms with Crippen LogP contribution in [0.15, 0.2) is 47.4 Å². The molecule has 0 bridgehead atoms. The van der Waals surface area contributed by atoms with Crippen LogP contribution < -0.4 is 16.2 Å². The quantitative estimate of drug-likeness (QED) is 0.745. The van der Waals surface area contributed by atoms with E-state index in [0.29, 0.717) is 22.5 Å². The third kappa shape index (κ3) is 3.59. The summed E-state index contributed by atoms with van der Waals surface area (Å²) >= 11 is 0. The first-order chi connectivity index (χ1) is 9.77. The third-order valence-corrected chi connectivity index (χ3v) is 3.95. The second kappa shape index (κ2) is 5.55. The summed E-state index contributed by atoms with van der Waals surface area (Å²) in [7, 11) is -3.83. The first kappa shape index (κ1) is 15.0. The molecule has 2 aromatic rings. The van der Waals surface area contributed by atoms with Crippen molar-refractivity contribution in [3.05, 3.63) is 53.6 Å². The molecule has 0 fully saturated rings. The van der Waals surface area contributed by atoms with Gasteiger partial charge >= 0.3 is 0 Å². The van der Waals surface area contributed by atoms with Crippen LogP contribution in [-0.4, -0.2) is 14.3 Å². The molecular weight excluding hydrogens is 290 g/mol. The highest BCUT2D eigenvalue weighted by Gasteiger charge is 2.13. The molecule has 1 amide bonds. The Morgan fingerprint density at radius 1 is 1.14 bits per heavy atom. The van der Waals surface area contributed by atoms with Crippen molar-refractivity contribution in [3.63, 3.8) is 0 Å². The van der Waals surface area contributed by atoms with Crippen LogP contribution in [0.2, 0.25) is 0 Å². The van der Waals surface area contributed by atoms with Gasteiger partial charge < -0.3 is 11.1 Å². The highest BCUT2D eigenvalue weighted by atomic mass is 32.2. The van der Waals surface area contributed by atoms with Gasteiger partial charge in [0.1, 0.15) is 0 Å². The summed E-state index contributed by atoms with van der Waals surface area (Å²) < 4.78 is 22.9. The lowest BCUT2D eigenvalue weighted by molar-refractivity contribution is 0.102. The van der Waals surface area contributed by atoms with E-state index in [9.17, 15) is 13.2 Å². The number of rotatable bonds is 3. The van der Waals surface area contributed by atoms with E-state index in [1.807, 2.05) is 0 Å². The zero-order valence-corrected chi connectivity index (χ0v) is 12.1. The Labute approximate surface area is 122 Å². The summed E-state index contributed by atoms with van der Waals surface area (Å²) in [5.74, 6) is -0.383. The Kier molecular flexibility index (Phi) is 3.97. The smallest absolute Gasteiger partial charge is 0.255 e. The van der Waals surface area contributed by atoms with Crippen molar-refractivity contribution in [1.82, 2.24) is 0 Å². The van der Waals surface area contributed by atoms with E-state index >= 15 is 0 Å².